The van der Waals surface area contributed by atoms with Crippen LogP contribution in [-0.4, -0.2) is 14.0 Å². The van der Waals surface area contributed by atoms with Crippen LogP contribution in [0.1, 0.15) is 25.7 Å². The quantitative estimate of drug-likeness (QED) is 0.345. The van der Waals surface area contributed by atoms with E-state index in [0.29, 0.717) is 6.42 Å². The first-order valence-electron chi connectivity index (χ1n) is 4.23. The highest BCUT2D eigenvalue weighted by Gasteiger charge is 2.30. The monoisotopic (exact) mass is 178 g/mol. The minimum absolute atomic E-state index is 0.0868. The third-order valence-corrected chi connectivity index (χ3v) is 1.73. The van der Waals surface area contributed by atoms with Gasteiger partial charge in [0.15, 0.2) is 0 Å². The molecule has 12 heavy (non-hydrogen) atoms. The van der Waals surface area contributed by atoms with Gasteiger partial charge < -0.3 is 0 Å². The lowest BCUT2D eigenvalue weighted by molar-refractivity contribution is -0.0937. The second kappa shape index (κ2) is 5.28. The van der Waals surface area contributed by atoms with Gasteiger partial charge in [0, 0.05) is 5.57 Å². The van der Waals surface area contributed by atoms with Crippen LogP contribution in [0.4, 0.5) is 13.2 Å². The van der Waals surface area contributed by atoms with Crippen LogP contribution >= 0.6 is 0 Å². The third kappa shape index (κ3) is 5.27. The average Bonchev–Trinajstić information content (AvgIpc) is 1.96. The van der Waals surface area contributed by atoms with Gasteiger partial charge in [-0.15, -0.1) is 0 Å². The molecule has 0 amide bonds. The number of rotatable bonds is 5. The van der Waals surface area contributed by atoms with E-state index in [1.807, 2.05) is 7.85 Å². The molecule has 0 rings (SSSR count). The first kappa shape index (κ1) is 11.6. The molecular formula is C8H14BF3. The van der Waals surface area contributed by atoms with Crippen LogP contribution in [0.3, 0.4) is 0 Å². The highest BCUT2D eigenvalue weighted by Crippen LogP contribution is 2.27. The first-order chi connectivity index (χ1) is 5.48. The van der Waals surface area contributed by atoms with Gasteiger partial charge >= 0.3 is 6.18 Å². The summed E-state index contributed by atoms with van der Waals surface area (Å²) in [7, 11) is 2.03. The molecule has 0 radical (unpaired) electrons. The number of halogens is 3. The maximum absolute atomic E-state index is 11.9. The van der Waals surface area contributed by atoms with Crippen molar-refractivity contribution in [2.45, 2.75) is 38.2 Å². The molecule has 0 nitrogen and oxygen atoms in total. The molecule has 0 aliphatic heterocycles. The van der Waals surface area contributed by atoms with Gasteiger partial charge in [0.25, 0.3) is 0 Å². The van der Waals surface area contributed by atoms with E-state index in [0.717, 1.165) is 19.2 Å². The zero-order valence-corrected chi connectivity index (χ0v) is 7.38. The summed E-state index contributed by atoms with van der Waals surface area (Å²) in [6.07, 6.45) is -0.586. The minimum Gasteiger partial charge on any atom is -0.167 e. The van der Waals surface area contributed by atoms with E-state index < -0.39 is 11.7 Å². The predicted molar refractivity (Wildman–Crippen MR) is 47.0 cm³/mol. The Labute approximate surface area is 72.3 Å². The topological polar surface area (TPSA) is 0 Å². The fraction of sp³-hybridized carbons (Fsp3) is 0.750. The summed E-state index contributed by atoms with van der Waals surface area (Å²) in [6.45, 7) is 3.00. The van der Waals surface area contributed by atoms with Crippen LogP contribution in [-0.2, 0) is 0 Å². The lowest BCUT2D eigenvalue weighted by atomic mass is 9.98. The standard InChI is InChI=1S/C8H14BF3/c1-7(8(10,11)12)5-3-2-4-6-9/h1-6,9H2. The molecule has 0 aliphatic rings. The fourth-order valence-corrected chi connectivity index (χ4v) is 0.907. The van der Waals surface area contributed by atoms with Gasteiger partial charge in [-0.25, -0.2) is 0 Å². The summed E-state index contributed by atoms with van der Waals surface area (Å²) >= 11 is 0. The van der Waals surface area contributed by atoms with Gasteiger partial charge in [0.05, 0.1) is 0 Å². The summed E-state index contributed by atoms with van der Waals surface area (Å²) in [6, 6.07) is 0. The second-order valence-electron chi connectivity index (χ2n) is 2.91. The number of unbranched alkanes of at least 4 members (excludes halogenated alkanes) is 2. The lowest BCUT2D eigenvalue weighted by Gasteiger charge is -2.08. The molecule has 0 saturated heterocycles. The van der Waals surface area contributed by atoms with Gasteiger partial charge in [-0.05, 0) is 12.8 Å². The SMILES string of the molecule is BCCCCCC(=C)C(F)(F)F. The largest absolute Gasteiger partial charge is 0.412 e. The Morgan fingerprint density at radius 2 is 1.75 bits per heavy atom. The van der Waals surface area contributed by atoms with Gasteiger partial charge in [0.1, 0.15) is 7.85 Å². The minimum atomic E-state index is -4.19. The Morgan fingerprint density at radius 1 is 1.17 bits per heavy atom. The van der Waals surface area contributed by atoms with E-state index in [4.69, 9.17) is 0 Å². The maximum atomic E-state index is 11.9. The maximum Gasteiger partial charge on any atom is 0.412 e. The van der Waals surface area contributed by atoms with Crippen molar-refractivity contribution in [3.63, 3.8) is 0 Å². The molecular weight excluding hydrogens is 164 g/mol. The van der Waals surface area contributed by atoms with Crippen molar-refractivity contribution >= 4 is 7.85 Å². The van der Waals surface area contributed by atoms with Gasteiger partial charge in [-0.1, -0.05) is 25.7 Å². The summed E-state index contributed by atoms with van der Waals surface area (Å²) in [4.78, 5) is 0. The highest BCUT2D eigenvalue weighted by atomic mass is 19.4. The van der Waals surface area contributed by atoms with Crippen LogP contribution in [0.5, 0.6) is 0 Å². The number of hydrogen-bond donors (Lipinski definition) is 0. The van der Waals surface area contributed by atoms with E-state index in [1.165, 1.54) is 0 Å². The smallest absolute Gasteiger partial charge is 0.167 e. The number of hydrogen-bond acceptors (Lipinski definition) is 0. The van der Waals surface area contributed by atoms with Crippen LogP contribution < -0.4 is 0 Å². The van der Waals surface area contributed by atoms with Crippen molar-refractivity contribution in [3.8, 4) is 0 Å². The molecule has 0 saturated carbocycles. The Morgan fingerprint density at radius 3 is 2.17 bits per heavy atom. The van der Waals surface area contributed by atoms with Gasteiger partial charge in [0.2, 0.25) is 0 Å². The van der Waals surface area contributed by atoms with Crippen molar-refractivity contribution < 1.29 is 13.2 Å². The van der Waals surface area contributed by atoms with E-state index in [1.54, 1.807) is 0 Å². The zero-order valence-electron chi connectivity index (χ0n) is 7.38. The predicted octanol–water partition coefficient (Wildman–Crippen LogP) is 2.72. The summed E-state index contributed by atoms with van der Waals surface area (Å²) < 4.78 is 35.6. The van der Waals surface area contributed by atoms with Gasteiger partial charge in [-0.3, -0.25) is 0 Å². The molecule has 0 fully saturated rings. The van der Waals surface area contributed by atoms with Gasteiger partial charge in [-0.2, -0.15) is 13.2 Å². The Bertz CT molecular complexity index is 140. The third-order valence-electron chi connectivity index (χ3n) is 1.73. The summed E-state index contributed by atoms with van der Waals surface area (Å²) in [5.41, 5.74) is -0.599. The first-order valence-corrected chi connectivity index (χ1v) is 4.23. The summed E-state index contributed by atoms with van der Waals surface area (Å²) in [5.74, 6) is 0. The highest BCUT2D eigenvalue weighted by molar-refractivity contribution is 6.08. The molecule has 0 N–H and O–H groups in total. The molecule has 0 aliphatic carbocycles. The van der Waals surface area contributed by atoms with Crippen molar-refractivity contribution in [1.82, 2.24) is 0 Å². The van der Waals surface area contributed by atoms with E-state index in [9.17, 15) is 13.2 Å². The molecule has 70 valence electrons. The van der Waals surface area contributed by atoms with E-state index >= 15 is 0 Å². The molecule has 0 atom stereocenters. The molecule has 0 unspecified atom stereocenters. The van der Waals surface area contributed by atoms with Crippen LogP contribution in [0.2, 0.25) is 6.32 Å². The number of allylic oxidation sites excluding steroid dienone is 1. The van der Waals surface area contributed by atoms with Crippen LogP contribution in [0.25, 0.3) is 0 Å². The van der Waals surface area contributed by atoms with Crippen LogP contribution in [0.15, 0.2) is 12.2 Å². The normalized spacial score (nSPS) is 11.6. The lowest BCUT2D eigenvalue weighted by Crippen LogP contribution is -2.10. The Kier molecular flexibility index (Phi) is 5.10. The van der Waals surface area contributed by atoms with Crippen molar-refractivity contribution in [2.24, 2.45) is 0 Å². The second-order valence-corrected chi connectivity index (χ2v) is 2.91. The van der Waals surface area contributed by atoms with Crippen LogP contribution in [0, 0.1) is 0 Å². The average molecular weight is 178 g/mol. The molecule has 4 heteroatoms. The van der Waals surface area contributed by atoms with Crippen molar-refractivity contribution in [1.29, 1.82) is 0 Å². The Balaban J connectivity index is 3.45. The zero-order chi connectivity index (χ0) is 9.61. The Hall–Kier alpha value is -0.405. The molecule has 0 heterocycles. The molecule has 0 aromatic heterocycles. The number of alkyl halides is 3. The molecule has 0 spiro atoms. The van der Waals surface area contributed by atoms with E-state index in [-0.39, 0.29) is 6.42 Å². The van der Waals surface area contributed by atoms with E-state index in [2.05, 4.69) is 6.58 Å². The fourth-order valence-electron chi connectivity index (χ4n) is 0.907. The molecule has 0 aromatic rings. The molecule has 0 aromatic carbocycles. The van der Waals surface area contributed by atoms with Crippen molar-refractivity contribution in [3.05, 3.63) is 12.2 Å². The summed E-state index contributed by atoms with van der Waals surface area (Å²) in [5, 5.41) is 0. The molecule has 0 bridgehead atoms. The van der Waals surface area contributed by atoms with Crippen molar-refractivity contribution in [2.75, 3.05) is 0 Å².